The number of halogens is 1. The van der Waals surface area contributed by atoms with Crippen LogP contribution in [0.5, 0.6) is 5.75 Å². The highest BCUT2D eigenvalue weighted by molar-refractivity contribution is 7.99. The van der Waals surface area contributed by atoms with Gasteiger partial charge < -0.3 is 10.4 Å². The summed E-state index contributed by atoms with van der Waals surface area (Å²) in [4.78, 5) is 15.0. The van der Waals surface area contributed by atoms with Crippen LogP contribution in [0.3, 0.4) is 0 Å². The third-order valence-electron chi connectivity index (χ3n) is 6.94. The van der Waals surface area contributed by atoms with Gasteiger partial charge in [0.2, 0.25) is 0 Å². The normalized spacial score (nSPS) is 11.5. The number of hydrogen-bond acceptors (Lipinski definition) is 6. The van der Waals surface area contributed by atoms with Crippen molar-refractivity contribution in [3.05, 3.63) is 114 Å². The molecule has 0 radical (unpaired) electrons. The Hall–Kier alpha value is -5.16. The van der Waals surface area contributed by atoms with Crippen molar-refractivity contribution < 1.29 is 14.3 Å². The smallest absolute Gasteiger partial charge is 0.320 e. The van der Waals surface area contributed by atoms with Gasteiger partial charge in [-0.3, -0.25) is 9.72 Å². The van der Waals surface area contributed by atoms with E-state index in [1.54, 1.807) is 51.5 Å². The van der Waals surface area contributed by atoms with E-state index in [1.807, 2.05) is 48.7 Å². The van der Waals surface area contributed by atoms with Crippen LogP contribution in [0.1, 0.15) is 32.0 Å². The summed E-state index contributed by atoms with van der Waals surface area (Å²) < 4.78 is 17.9. The number of hydrogen-bond donors (Lipinski definition) is 3. The number of phenolic OH excluding ortho intramolecular Hbond substituents is 1. The van der Waals surface area contributed by atoms with Crippen LogP contribution in [-0.2, 0) is 12.0 Å². The summed E-state index contributed by atoms with van der Waals surface area (Å²) in [5, 5.41) is 28.7. The second-order valence-corrected chi connectivity index (χ2v) is 12.3. The lowest BCUT2D eigenvalue weighted by Gasteiger charge is -2.14. The molecule has 3 N–H and O–H groups in total. The molecule has 0 fully saturated rings. The summed E-state index contributed by atoms with van der Waals surface area (Å²) in [6.45, 7) is 6.44. The van der Waals surface area contributed by atoms with Gasteiger partial charge >= 0.3 is 6.03 Å². The lowest BCUT2D eigenvalue weighted by atomic mass is 9.92. The van der Waals surface area contributed by atoms with Crippen LogP contribution in [-0.4, -0.2) is 35.5 Å². The first kappa shape index (κ1) is 28.9. The summed E-state index contributed by atoms with van der Waals surface area (Å²) in [6, 6.07) is 26.2. The molecule has 0 aliphatic rings. The summed E-state index contributed by atoms with van der Waals surface area (Å²) in [7, 11) is 0. The number of anilines is 1. The molecule has 6 rings (SSSR count). The summed E-state index contributed by atoms with van der Waals surface area (Å²) >= 11 is 1.53. The molecule has 6 aromatic rings. The third kappa shape index (κ3) is 6.13. The second-order valence-electron chi connectivity index (χ2n) is 11.2. The Morgan fingerprint density at radius 2 is 1.70 bits per heavy atom. The molecule has 9 nitrogen and oxygen atoms in total. The maximum atomic E-state index is 14.5. The van der Waals surface area contributed by atoms with Gasteiger partial charge in [0, 0.05) is 34.0 Å². The predicted octanol–water partition coefficient (Wildman–Crippen LogP) is 7.20. The number of carbonyl (C=O) groups excluding carboxylic acids is 1. The summed E-state index contributed by atoms with van der Waals surface area (Å²) in [5.74, 6) is 0.713. The molecule has 11 heteroatoms. The van der Waals surface area contributed by atoms with Crippen LogP contribution >= 0.6 is 11.8 Å². The van der Waals surface area contributed by atoms with Crippen LogP contribution in [0.4, 0.5) is 15.0 Å². The fourth-order valence-electron chi connectivity index (χ4n) is 4.60. The van der Waals surface area contributed by atoms with E-state index in [-0.39, 0.29) is 29.6 Å². The molecule has 0 atom stereocenters. The van der Waals surface area contributed by atoms with E-state index < -0.39 is 0 Å². The molecule has 3 aromatic heterocycles. The van der Waals surface area contributed by atoms with Crippen LogP contribution in [0.2, 0.25) is 0 Å². The van der Waals surface area contributed by atoms with Gasteiger partial charge in [-0.15, -0.1) is 10.2 Å². The van der Waals surface area contributed by atoms with Crippen molar-refractivity contribution in [1.29, 1.82) is 0 Å². The van der Waals surface area contributed by atoms with Crippen LogP contribution < -0.4 is 10.6 Å². The molecule has 0 saturated heterocycles. The van der Waals surface area contributed by atoms with Gasteiger partial charge in [-0.05, 0) is 60.2 Å². The van der Waals surface area contributed by atoms with Crippen molar-refractivity contribution >= 4 is 29.3 Å². The number of nitrogens with zero attached hydrogens (tertiary/aromatic N) is 5. The number of aromatic hydroxyl groups is 1. The number of benzene rings is 3. The van der Waals surface area contributed by atoms with Crippen LogP contribution in [0.25, 0.3) is 22.7 Å². The topological polar surface area (TPSA) is 109 Å². The lowest BCUT2D eigenvalue weighted by Crippen LogP contribution is -2.29. The number of amides is 2. The number of carbonyl (C=O) groups is 1. The molecule has 0 saturated carbocycles. The average Bonchev–Trinajstić information content (AvgIpc) is 3.62. The van der Waals surface area contributed by atoms with E-state index in [1.165, 1.54) is 17.8 Å². The SMILES string of the molecule is CC(C)(C)c1cc(NC(=O)NCc2ccccc2Sc2ccc3nnc(-c4ccccc4F)n3c2)n(-c2ccc(O)cc2)n1. The molecular weight excluding hydrogens is 577 g/mol. The van der Waals surface area contributed by atoms with E-state index in [9.17, 15) is 14.3 Å². The van der Waals surface area contributed by atoms with Crippen molar-refractivity contribution in [2.75, 3.05) is 5.32 Å². The van der Waals surface area contributed by atoms with Crippen LogP contribution in [0.15, 0.2) is 107 Å². The van der Waals surface area contributed by atoms with Gasteiger partial charge in [0.05, 0.1) is 16.9 Å². The van der Waals surface area contributed by atoms with Crippen molar-refractivity contribution in [1.82, 2.24) is 29.7 Å². The number of fused-ring (bicyclic) bond motifs is 1. The fourth-order valence-corrected chi connectivity index (χ4v) is 5.56. The van der Waals surface area contributed by atoms with Crippen molar-refractivity contribution in [2.45, 2.75) is 42.5 Å². The Balaban J connectivity index is 1.19. The minimum Gasteiger partial charge on any atom is -0.508 e. The molecular formula is C33H30FN7O2S. The number of nitrogens with one attached hydrogen (secondary N) is 2. The molecule has 3 aromatic carbocycles. The molecule has 3 heterocycles. The number of aromatic nitrogens is 5. The van der Waals surface area contributed by atoms with Gasteiger partial charge in [0.1, 0.15) is 17.4 Å². The first-order valence-electron chi connectivity index (χ1n) is 14.0. The summed E-state index contributed by atoms with van der Waals surface area (Å²) in [6.07, 6.45) is 1.88. The highest BCUT2D eigenvalue weighted by Gasteiger charge is 2.22. The van der Waals surface area contributed by atoms with Crippen LogP contribution in [0, 0.1) is 5.82 Å². The zero-order valence-electron chi connectivity index (χ0n) is 24.3. The molecule has 222 valence electrons. The third-order valence-corrected chi connectivity index (χ3v) is 8.04. The molecule has 44 heavy (non-hydrogen) atoms. The maximum absolute atomic E-state index is 14.5. The van der Waals surface area contributed by atoms with Gasteiger partial charge in [0.25, 0.3) is 0 Å². The van der Waals surface area contributed by atoms with Gasteiger partial charge in [-0.2, -0.15) is 5.10 Å². The predicted molar refractivity (Wildman–Crippen MR) is 169 cm³/mol. The molecule has 0 unspecified atom stereocenters. The van der Waals surface area contributed by atoms with E-state index in [0.717, 1.165) is 21.0 Å². The molecule has 0 bridgehead atoms. The van der Waals surface area contributed by atoms with E-state index in [0.29, 0.717) is 28.5 Å². The van der Waals surface area contributed by atoms with Crippen molar-refractivity contribution in [3.8, 4) is 22.8 Å². The molecule has 0 aliphatic heterocycles. The summed E-state index contributed by atoms with van der Waals surface area (Å²) in [5.41, 5.74) is 3.19. The van der Waals surface area contributed by atoms with Gasteiger partial charge in [-0.25, -0.2) is 13.9 Å². The molecule has 2 amide bonds. The Bertz CT molecular complexity index is 1960. The maximum Gasteiger partial charge on any atom is 0.320 e. The highest BCUT2D eigenvalue weighted by Crippen LogP contribution is 2.32. The number of rotatable bonds is 7. The quantitative estimate of drug-likeness (QED) is 0.177. The second kappa shape index (κ2) is 11.8. The van der Waals surface area contributed by atoms with Crippen molar-refractivity contribution in [2.24, 2.45) is 0 Å². The fraction of sp³-hybridized carbons (Fsp3) is 0.152. The number of pyridine rings is 1. The largest absolute Gasteiger partial charge is 0.508 e. The van der Waals surface area contributed by atoms with E-state index >= 15 is 0 Å². The van der Waals surface area contributed by atoms with E-state index in [4.69, 9.17) is 5.10 Å². The standard InChI is InChI=1S/C33H30FN7O2S/c1-33(2,3)28-18-30(41(39-28)22-12-14-23(42)15-13-22)36-32(43)35-19-21-8-4-7-11-27(21)44-24-16-17-29-37-38-31(40(29)20-24)25-9-5-6-10-26(25)34/h4-18,20,42H,19H2,1-3H3,(H2,35,36,43). The monoisotopic (exact) mass is 607 g/mol. The Labute approximate surface area is 257 Å². The Morgan fingerprint density at radius 3 is 2.48 bits per heavy atom. The van der Waals surface area contributed by atoms with Crippen molar-refractivity contribution in [3.63, 3.8) is 0 Å². The Kier molecular flexibility index (Phi) is 7.79. The average molecular weight is 608 g/mol. The lowest BCUT2D eigenvalue weighted by molar-refractivity contribution is 0.251. The Morgan fingerprint density at radius 1 is 0.955 bits per heavy atom. The molecule has 0 aliphatic carbocycles. The van der Waals surface area contributed by atoms with Gasteiger partial charge in [-0.1, -0.05) is 62.9 Å². The zero-order chi connectivity index (χ0) is 30.8. The van der Waals surface area contributed by atoms with Gasteiger partial charge in [0.15, 0.2) is 11.5 Å². The minimum absolute atomic E-state index is 0.146. The first-order chi connectivity index (χ1) is 21.2. The highest BCUT2D eigenvalue weighted by atomic mass is 32.2. The zero-order valence-corrected chi connectivity index (χ0v) is 25.1. The van der Waals surface area contributed by atoms with E-state index in [2.05, 4.69) is 41.6 Å². The minimum atomic E-state index is -0.384. The first-order valence-corrected chi connectivity index (χ1v) is 14.8. The molecule has 0 spiro atoms. The number of urea groups is 1. The number of phenols is 1.